The number of halogens is 3. The van der Waals surface area contributed by atoms with Crippen LogP contribution in [0.15, 0.2) is 42.7 Å². The van der Waals surface area contributed by atoms with Crippen molar-refractivity contribution in [3.05, 3.63) is 59.4 Å². The first-order chi connectivity index (χ1) is 18.6. The summed E-state index contributed by atoms with van der Waals surface area (Å²) >= 11 is 0. The van der Waals surface area contributed by atoms with Crippen molar-refractivity contribution in [2.45, 2.75) is 25.6 Å². The molecule has 1 amide bonds. The summed E-state index contributed by atoms with van der Waals surface area (Å²) in [5, 5.41) is 5.74. The van der Waals surface area contributed by atoms with Gasteiger partial charge in [0.25, 0.3) is 11.8 Å². The molecule has 39 heavy (non-hydrogen) atoms. The van der Waals surface area contributed by atoms with Gasteiger partial charge >= 0.3 is 6.18 Å². The van der Waals surface area contributed by atoms with Crippen LogP contribution >= 0.6 is 0 Å². The predicted octanol–water partition coefficient (Wildman–Crippen LogP) is 4.79. The van der Waals surface area contributed by atoms with Crippen LogP contribution in [0.4, 0.5) is 30.4 Å². The molecule has 0 bridgehead atoms. The zero-order valence-electron chi connectivity index (χ0n) is 21.8. The maximum absolute atomic E-state index is 13.7. The van der Waals surface area contributed by atoms with Gasteiger partial charge in [-0.25, -0.2) is 4.98 Å². The van der Waals surface area contributed by atoms with Crippen molar-refractivity contribution in [2.75, 3.05) is 55.9 Å². The molecule has 2 N–H and O–H groups in total. The number of carbonyl (C=O) groups excluding carboxylic acids is 1. The summed E-state index contributed by atoms with van der Waals surface area (Å²) in [6.45, 7) is 4.06. The Bertz CT molecular complexity index is 1380. The molecule has 12 heteroatoms. The average Bonchev–Trinajstić information content (AvgIpc) is 3.40. The molecule has 3 aromatic rings. The Balaban J connectivity index is 1.39. The number of fused-ring (bicyclic) bond motifs is 1. The topological polar surface area (TPSA) is 91.9 Å². The molecule has 0 saturated carbocycles. The SMILES string of the molecule is Cc1ccc(C(=O)Nc2cc(N3CCC(N(C)C)C3)cc(C(F)(F)F)c2)cc1Oc1ncnc2c1OCCN2. The highest BCUT2D eigenvalue weighted by atomic mass is 19.4. The van der Waals surface area contributed by atoms with Crippen molar-refractivity contribution in [1.29, 1.82) is 0 Å². The molecule has 3 heterocycles. The molecule has 206 valence electrons. The number of anilines is 3. The standard InChI is InChI=1S/C27H29F3N6O3/c1-16-4-5-17(10-22(16)39-26-23-24(32-15-33-26)31-7-9-38-23)25(37)34-19-11-18(27(28,29)30)12-21(13-19)36-8-6-20(14-36)35(2)3/h4-5,10-13,15,20H,6-9,14H2,1-3H3,(H,34,37)(H,31,32,33). The van der Waals surface area contributed by atoms with E-state index in [0.717, 1.165) is 24.1 Å². The van der Waals surface area contributed by atoms with Gasteiger partial charge in [-0.1, -0.05) is 6.07 Å². The van der Waals surface area contributed by atoms with Crippen LogP contribution in [0, 0.1) is 6.92 Å². The first-order valence-electron chi connectivity index (χ1n) is 12.5. The molecule has 9 nitrogen and oxygen atoms in total. The van der Waals surface area contributed by atoms with Crippen molar-refractivity contribution in [1.82, 2.24) is 14.9 Å². The largest absolute Gasteiger partial charge is 0.483 e. The molecule has 0 aliphatic carbocycles. The van der Waals surface area contributed by atoms with Gasteiger partial charge in [0, 0.05) is 36.1 Å². The number of ether oxygens (including phenoxy) is 2. The Morgan fingerprint density at radius 3 is 2.77 bits per heavy atom. The second-order valence-corrected chi connectivity index (χ2v) is 9.79. The molecule has 2 aromatic carbocycles. The molecule has 1 fully saturated rings. The van der Waals surface area contributed by atoms with Crippen LogP contribution in [0.2, 0.25) is 0 Å². The Labute approximate surface area is 223 Å². The van der Waals surface area contributed by atoms with Crippen molar-refractivity contribution in [3.63, 3.8) is 0 Å². The zero-order chi connectivity index (χ0) is 27.7. The van der Waals surface area contributed by atoms with E-state index in [-0.39, 0.29) is 23.2 Å². The van der Waals surface area contributed by atoms with Gasteiger partial charge in [0.2, 0.25) is 5.75 Å². The molecule has 1 atom stereocenters. The third-order valence-corrected chi connectivity index (χ3v) is 6.83. The summed E-state index contributed by atoms with van der Waals surface area (Å²) in [7, 11) is 3.91. The predicted molar refractivity (Wildman–Crippen MR) is 141 cm³/mol. The highest BCUT2D eigenvalue weighted by Gasteiger charge is 2.33. The van der Waals surface area contributed by atoms with Crippen LogP contribution in [-0.2, 0) is 6.18 Å². The van der Waals surface area contributed by atoms with Crippen LogP contribution in [0.25, 0.3) is 0 Å². The van der Waals surface area contributed by atoms with Gasteiger partial charge in [-0.2, -0.15) is 18.2 Å². The Morgan fingerprint density at radius 2 is 2.03 bits per heavy atom. The number of hydrogen-bond acceptors (Lipinski definition) is 8. The minimum Gasteiger partial charge on any atom is -0.483 e. The Morgan fingerprint density at radius 1 is 1.21 bits per heavy atom. The lowest BCUT2D eigenvalue weighted by atomic mass is 10.1. The Kier molecular flexibility index (Phi) is 7.21. The van der Waals surface area contributed by atoms with Crippen molar-refractivity contribution < 1.29 is 27.4 Å². The quantitative estimate of drug-likeness (QED) is 0.460. The van der Waals surface area contributed by atoms with Crippen LogP contribution in [0.5, 0.6) is 17.4 Å². The fraction of sp³-hybridized carbons (Fsp3) is 0.370. The van der Waals surface area contributed by atoms with Crippen molar-refractivity contribution in [3.8, 4) is 17.4 Å². The molecule has 0 radical (unpaired) electrons. The third kappa shape index (κ3) is 5.85. The van der Waals surface area contributed by atoms with E-state index in [1.165, 1.54) is 12.4 Å². The monoisotopic (exact) mass is 542 g/mol. The zero-order valence-corrected chi connectivity index (χ0v) is 21.8. The highest BCUT2D eigenvalue weighted by Crippen LogP contribution is 2.38. The van der Waals surface area contributed by atoms with Crippen molar-refractivity contribution >= 4 is 23.1 Å². The van der Waals surface area contributed by atoms with Gasteiger partial charge in [-0.05, 0) is 63.3 Å². The Hall–Kier alpha value is -4.06. The summed E-state index contributed by atoms with van der Waals surface area (Å²) in [5.74, 6) is 0.854. The first kappa shape index (κ1) is 26.5. The number of rotatable bonds is 6. The number of carbonyl (C=O) groups is 1. The van der Waals surface area contributed by atoms with E-state index in [9.17, 15) is 18.0 Å². The second kappa shape index (κ2) is 10.6. The molecule has 2 aliphatic heterocycles. The molecule has 2 aliphatic rings. The van der Waals surface area contributed by atoms with Crippen LogP contribution in [-0.4, -0.2) is 67.2 Å². The van der Waals surface area contributed by atoms with Gasteiger partial charge in [0.1, 0.15) is 18.7 Å². The third-order valence-electron chi connectivity index (χ3n) is 6.83. The maximum atomic E-state index is 13.7. The minimum absolute atomic E-state index is 0.0607. The number of amides is 1. The maximum Gasteiger partial charge on any atom is 0.416 e. The molecule has 5 rings (SSSR count). The summed E-state index contributed by atoms with van der Waals surface area (Å²) < 4.78 is 52.8. The molecular formula is C27H29F3N6O3. The highest BCUT2D eigenvalue weighted by molar-refractivity contribution is 6.05. The van der Waals surface area contributed by atoms with Gasteiger partial charge in [-0.15, -0.1) is 0 Å². The van der Waals surface area contributed by atoms with E-state index in [1.807, 2.05) is 19.0 Å². The lowest BCUT2D eigenvalue weighted by Gasteiger charge is -2.23. The summed E-state index contributed by atoms with van der Waals surface area (Å²) in [5.41, 5.74) is 0.600. The van der Waals surface area contributed by atoms with Gasteiger partial charge < -0.3 is 29.9 Å². The van der Waals surface area contributed by atoms with E-state index in [0.29, 0.717) is 49.2 Å². The van der Waals surface area contributed by atoms with E-state index >= 15 is 0 Å². The number of nitrogens with zero attached hydrogens (tertiary/aromatic N) is 4. The number of aromatic nitrogens is 2. The lowest BCUT2D eigenvalue weighted by Crippen LogP contribution is -2.31. The number of alkyl halides is 3. The normalized spacial score (nSPS) is 16.9. The van der Waals surface area contributed by atoms with Crippen LogP contribution in [0.3, 0.4) is 0 Å². The smallest absolute Gasteiger partial charge is 0.416 e. The van der Waals surface area contributed by atoms with Crippen molar-refractivity contribution in [2.24, 2.45) is 0 Å². The van der Waals surface area contributed by atoms with Gasteiger partial charge in [0.05, 0.1) is 12.1 Å². The fourth-order valence-electron chi connectivity index (χ4n) is 4.59. The van der Waals surface area contributed by atoms with Gasteiger partial charge in [0.15, 0.2) is 5.82 Å². The number of likely N-dealkylation sites (N-methyl/N-ethyl adjacent to an activating group) is 1. The van der Waals surface area contributed by atoms with Gasteiger partial charge in [-0.3, -0.25) is 4.79 Å². The van der Waals surface area contributed by atoms with Crippen LogP contribution < -0.4 is 25.0 Å². The lowest BCUT2D eigenvalue weighted by molar-refractivity contribution is -0.137. The van der Waals surface area contributed by atoms with E-state index in [1.54, 1.807) is 25.1 Å². The molecule has 1 aromatic heterocycles. The number of nitrogens with one attached hydrogen (secondary N) is 2. The number of aryl methyl sites for hydroxylation is 1. The average molecular weight is 543 g/mol. The number of hydrogen-bond donors (Lipinski definition) is 2. The van der Waals surface area contributed by atoms with Crippen LogP contribution in [0.1, 0.15) is 27.9 Å². The molecule has 1 saturated heterocycles. The first-order valence-corrected chi connectivity index (χ1v) is 12.5. The van der Waals surface area contributed by atoms with E-state index in [2.05, 4.69) is 25.5 Å². The molecule has 1 unspecified atom stereocenters. The molecule has 0 spiro atoms. The van der Waals surface area contributed by atoms with E-state index < -0.39 is 17.6 Å². The second-order valence-electron chi connectivity index (χ2n) is 9.79. The summed E-state index contributed by atoms with van der Waals surface area (Å²) in [4.78, 5) is 25.4. The minimum atomic E-state index is -4.56. The number of benzene rings is 2. The molecular weight excluding hydrogens is 513 g/mol. The van der Waals surface area contributed by atoms with E-state index in [4.69, 9.17) is 9.47 Å². The summed E-state index contributed by atoms with van der Waals surface area (Å²) in [6.07, 6.45) is -2.38. The summed E-state index contributed by atoms with van der Waals surface area (Å²) in [6, 6.07) is 8.70. The fourth-order valence-corrected chi connectivity index (χ4v) is 4.59.